The van der Waals surface area contributed by atoms with Crippen molar-refractivity contribution in [2.75, 3.05) is 26.7 Å². The van der Waals surface area contributed by atoms with Crippen LogP contribution in [0.1, 0.15) is 15.6 Å². The summed E-state index contributed by atoms with van der Waals surface area (Å²) in [6.45, 7) is 6.24. The van der Waals surface area contributed by atoms with Crippen molar-refractivity contribution in [1.29, 1.82) is 0 Å². The van der Waals surface area contributed by atoms with Crippen molar-refractivity contribution < 1.29 is 4.74 Å². The number of para-hydroxylation sites is 1. The highest BCUT2D eigenvalue weighted by molar-refractivity contribution is 7.11. The fraction of sp³-hybridized carbons (Fsp3) is 0.412. The summed E-state index contributed by atoms with van der Waals surface area (Å²) in [5.74, 6) is 1.67. The summed E-state index contributed by atoms with van der Waals surface area (Å²) in [5, 5.41) is 7.69. The summed E-state index contributed by atoms with van der Waals surface area (Å²) >= 11 is 1.76. The van der Waals surface area contributed by atoms with Gasteiger partial charge in [-0.2, -0.15) is 0 Å². The van der Waals surface area contributed by atoms with Crippen molar-refractivity contribution in [2.45, 2.75) is 20.3 Å². The lowest BCUT2D eigenvalue weighted by molar-refractivity contribution is 0.322. The Balaban J connectivity index is 1.64. The molecule has 2 rings (SSSR count). The summed E-state index contributed by atoms with van der Waals surface area (Å²) in [6, 6.07) is 9.81. The third-order valence-corrected chi connectivity index (χ3v) is 4.41. The third kappa shape index (κ3) is 5.90. The SMILES string of the molecule is CN=C(NCCOc1ccccc1)NCCc1sc(C)nc1C. The lowest BCUT2D eigenvalue weighted by atomic mass is 10.3. The zero-order chi connectivity index (χ0) is 16.5. The number of rotatable bonds is 7. The largest absolute Gasteiger partial charge is 0.492 e. The fourth-order valence-corrected chi connectivity index (χ4v) is 3.11. The summed E-state index contributed by atoms with van der Waals surface area (Å²) in [6.07, 6.45) is 0.957. The monoisotopic (exact) mass is 332 g/mol. The molecule has 2 aromatic rings. The van der Waals surface area contributed by atoms with Crippen LogP contribution < -0.4 is 15.4 Å². The van der Waals surface area contributed by atoms with Crippen LogP contribution in [0, 0.1) is 13.8 Å². The molecule has 0 radical (unpaired) electrons. The van der Waals surface area contributed by atoms with E-state index in [2.05, 4.69) is 27.5 Å². The van der Waals surface area contributed by atoms with E-state index in [-0.39, 0.29) is 0 Å². The molecule has 23 heavy (non-hydrogen) atoms. The predicted molar refractivity (Wildman–Crippen MR) is 96.6 cm³/mol. The van der Waals surface area contributed by atoms with Gasteiger partial charge in [-0.15, -0.1) is 11.3 Å². The van der Waals surface area contributed by atoms with Crippen LogP contribution in [0.4, 0.5) is 0 Å². The summed E-state index contributed by atoms with van der Waals surface area (Å²) in [7, 11) is 1.77. The number of guanidine groups is 1. The van der Waals surface area contributed by atoms with E-state index in [4.69, 9.17) is 4.74 Å². The van der Waals surface area contributed by atoms with Gasteiger partial charge in [-0.25, -0.2) is 4.98 Å². The average Bonchev–Trinajstić information content (AvgIpc) is 2.88. The normalized spacial score (nSPS) is 11.3. The van der Waals surface area contributed by atoms with Crippen molar-refractivity contribution in [2.24, 2.45) is 4.99 Å². The molecule has 0 aliphatic heterocycles. The summed E-state index contributed by atoms with van der Waals surface area (Å²) < 4.78 is 5.64. The molecule has 1 heterocycles. The average molecular weight is 332 g/mol. The van der Waals surface area contributed by atoms with Crippen LogP contribution in [-0.2, 0) is 6.42 Å². The van der Waals surface area contributed by atoms with Gasteiger partial charge in [-0.05, 0) is 26.0 Å². The standard InChI is InChI=1S/C17H24N4OS/c1-13-16(23-14(2)21-13)9-10-19-17(18-3)20-11-12-22-15-7-5-4-6-8-15/h4-8H,9-12H2,1-3H3,(H2,18,19,20). The highest BCUT2D eigenvalue weighted by atomic mass is 32.1. The molecule has 0 amide bonds. The molecular formula is C17H24N4OS. The zero-order valence-electron chi connectivity index (χ0n) is 13.9. The van der Waals surface area contributed by atoms with Gasteiger partial charge in [0.05, 0.1) is 17.2 Å². The van der Waals surface area contributed by atoms with E-state index >= 15 is 0 Å². The van der Waals surface area contributed by atoms with Gasteiger partial charge in [0.1, 0.15) is 12.4 Å². The Morgan fingerprint density at radius 1 is 1.17 bits per heavy atom. The molecule has 6 heteroatoms. The van der Waals surface area contributed by atoms with Gasteiger partial charge >= 0.3 is 0 Å². The third-order valence-electron chi connectivity index (χ3n) is 3.27. The maximum atomic E-state index is 5.64. The van der Waals surface area contributed by atoms with Crippen LogP contribution in [0.15, 0.2) is 35.3 Å². The fourth-order valence-electron chi connectivity index (χ4n) is 2.18. The maximum absolute atomic E-state index is 5.64. The maximum Gasteiger partial charge on any atom is 0.191 e. The quantitative estimate of drug-likeness (QED) is 0.465. The van der Waals surface area contributed by atoms with Gasteiger partial charge in [0.25, 0.3) is 0 Å². The van der Waals surface area contributed by atoms with Crippen molar-refractivity contribution in [3.8, 4) is 5.75 Å². The van der Waals surface area contributed by atoms with Crippen LogP contribution >= 0.6 is 11.3 Å². The number of thiazole rings is 1. The smallest absolute Gasteiger partial charge is 0.191 e. The Morgan fingerprint density at radius 2 is 1.91 bits per heavy atom. The number of nitrogens with zero attached hydrogens (tertiary/aromatic N) is 2. The Hall–Kier alpha value is -2.08. The Labute approximate surface area is 141 Å². The summed E-state index contributed by atoms with van der Waals surface area (Å²) in [5.41, 5.74) is 1.13. The van der Waals surface area contributed by atoms with Gasteiger partial charge in [-0.3, -0.25) is 4.99 Å². The molecule has 2 N–H and O–H groups in total. The first kappa shape index (κ1) is 17.3. The first-order valence-corrected chi connectivity index (χ1v) is 8.56. The topological polar surface area (TPSA) is 58.5 Å². The number of aliphatic imine (C=N–C) groups is 1. The van der Waals surface area contributed by atoms with Gasteiger partial charge < -0.3 is 15.4 Å². The molecular weight excluding hydrogens is 308 g/mol. The van der Waals surface area contributed by atoms with E-state index in [9.17, 15) is 0 Å². The second-order valence-electron chi connectivity index (χ2n) is 5.08. The predicted octanol–water partition coefficient (Wildman–Crippen LogP) is 2.55. The molecule has 1 aromatic carbocycles. The zero-order valence-corrected chi connectivity index (χ0v) is 14.7. The highest BCUT2D eigenvalue weighted by Gasteiger charge is 2.05. The number of hydrogen-bond acceptors (Lipinski definition) is 4. The minimum Gasteiger partial charge on any atom is -0.492 e. The van der Waals surface area contributed by atoms with Crippen LogP contribution in [0.25, 0.3) is 0 Å². The van der Waals surface area contributed by atoms with Gasteiger partial charge in [-0.1, -0.05) is 18.2 Å². The van der Waals surface area contributed by atoms with Crippen molar-refractivity contribution >= 4 is 17.3 Å². The van der Waals surface area contributed by atoms with E-state index in [1.807, 2.05) is 37.3 Å². The first-order valence-electron chi connectivity index (χ1n) is 7.74. The minimum absolute atomic E-state index is 0.595. The molecule has 0 saturated carbocycles. The second kappa shape index (κ2) is 9.15. The second-order valence-corrected chi connectivity index (χ2v) is 6.37. The number of hydrogen-bond donors (Lipinski definition) is 2. The van der Waals surface area contributed by atoms with Gasteiger partial charge in [0.15, 0.2) is 5.96 Å². The molecule has 0 atom stereocenters. The molecule has 0 fully saturated rings. The number of nitrogens with one attached hydrogen (secondary N) is 2. The van der Waals surface area contributed by atoms with Gasteiger partial charge in [0.2, 0.25) is 0 Å². The Bertz CT molecular complexity index is 625. The molecule has 0 spiro atoms. The van der Waals surface area contributed by atoms with Crippen LogP contribution in [-0.4, -0.2) is 37.7 Å². The molecule has 0 aliphatic rings. The van der Waals surface area contributed by atoms with Crippen LogP contribution in [0.2, 0.25) is 0 Å². The van der Waals surface area contributed by atoms with Crippen LogP contribution in [0.3, 0.4) is 0 Å². The number of aromatic nitrogens is 1. The molecule has 0 bridgehead atoms. The number of aryl methyl sites for hydroxylation is 2. The molecule has 5 nitrogen and oxygen atoms in total. The summed E-state index contributed by atoms with van der Waals surface area (Å²) in [4.78, 5) is 10.00. The molecule has 0 aliphatic carbocycles. The van der Waals surface area contributed by atoms with E-state index in [0.29, 0.717) is 13.2 Å². The Kier molecular flexibility index (Phi) is 6.87. The van der Waals surface area contributed by atoms with E-state index in [1.165, 1.54) is 4.88 Å². The van der Waals surface area contributed by atoms with E-state index < -0.39 is 0 Å². The van der Waals surface area contributed by atoms with Crippen molar-refractivity contribution in [3.05, 3.63) is 45.9 Å². The lowest BCUT2D eigenvalue weighted by Crippen LogP contribution is -2.40. The van der Waals surface area contributed by atoms with E-state index in [0.717, 1.165) is 35.4 Å². The van der Waals surface area contributed by atoms with Crippen LogP contribution in [0.5, 0.6) is 5.75 Å². The first-order chi connectivity index (χ1) is 11.2. The molecule has 0 unspecified atom stereocenters. The minimum atomic E-state index is 0.595. The van der Waals surface area contributed by atoms with Crippen molar-refractivity contribution in [3.63, 3.8) is 0 Å². The molecule has 0 saturated heterocycles. The number of ether oxygens (including phenoxy) is 1. The molecule has 124 valence electrons. The van der Waals surface area contributed by atoms with E-state index in [1.54, 1.807) is 18.4 Å². The number of benzene rings is 1. The van der Waals surface area contributed by atoms with Gasteiger partial charge in [0, 0.05) is 24.9 Å². The lowest BCUT2D eigenvalue weighted by Gasteiger charge is -2.12. The molecule has 1 aromatic heterocycles. The Morgan fingerprint density at radius 3 is 2.57 bits per heavy atom. The van der Waals surface area contributed by atoms with Crippen molar-refractivity contribution in [1.82, 2.24) is 15.6 Å². The highest BCUT2D eigenvalue weighted by Crippen LogP contribution is 2.16.